The minimum atomic E-state index is 0.176. The predicted molar refractivity (Wildman–Crippen MR) is 113 cm³/mol. The summed E-state index contributed by atoms with van der Waals surface area (Å²) in [5.74, 6) is 0.923. The molecule has 7 heteroatoms. The van der Waals surface area contributed by atoms with Crippen LogP contribution >= 0.6 is 0 Å². The first-order valence-electron chi connectivity index (χ1n) is 10.1. The molecule has 1 unspecified atom stereocenters. The lowest BCUT2D eigenvalue weighted by Crippen LogP contribution is -2.48. The second-order valence-corrected chi connectivity index (χ2v) is 7.59. The first-order valence-corrected chi connectivity index (χ1v) is 10.1. The molecule has 1 atom stereocenters. The van der Waals surface area contributed by atoms with Crippen molar-refractivity contribution in [2.24, 2.45) is 7.05 Å². The smallest absolute Gasteiger partial charge is 0.147 e. The van der Waals surface area contributed by atoms with Crippen LogP contribution in [0.5, 0.6) is 0 Å². The second kappa shape index (κ2) is 8.71. The molecule has 3 heterocycles. The Morgan fingerprint density at radius 1 is 1.10 bits per heavy atom. The fourth-order valence-corrected chi connectivity index (χ4v) is 3.94. The molecule has 1 fully saturated rings. The SMILES string of the molecule is Cc1c(CN2CCN(c3cnccn3)CC2c2ccc(CCO)cc2)cnn1C. The maximum absolute atomic E-state index is 9.20. The highest BCUT2D eigenvalue weighted by atomic mass is 16.2. The maximum Gasteiger partial charge on any atom is 0.147 e. The third-order valence-electron chi connectivity index (χ3n) is 5.84. The van der Waals surface area contributed by atoms with Gasteiger partial charge >= 0.3 is 0 Å². The van der Waals surface area contributed by atoms with Crippen LogP contribution in [0.15, 0.2) is 49.1 Å². The summed E-state index contributed by atoms with van der Waals surface area (Å²) in [5.41, 5.74) is 4.91. The first kappa shape index (κ1) is 19.5. The molecule has 0 radical (unpaired) electrons. The van der Waals surface area contributed by atoms with E-state index < -0.39 is 0 Å². The first-order chi connectivity index (χ1) is 14.2. The van der Waals surface area contributed by atoms with E-state index in [9.17, 15) is 5.11 Å². The van der Waals surface area contributed by atoms with Crippen molar-refractivity contribution >= 4 is 5.82 Å². The monoisotopic (exact) mass is 392 g/mol. The van der Waals surface area contributed by atoms with Crippen molar-refractivity contribution in [1.82, 2.24) is 24.6 Å². The summed E-state index contributed by atoms with van der Waals surface area (Å²) in [7, 11) is 1.99. The van der Waals surface area contributed by atoms with E-state index in [0.717, 1.165) is 37.6 Å². The van der Waals surface area contributed by atoms with E-state index >= 15 is 0 Å². The summed E-state index contributed by atoms with van der Waals surface area (Å²) >= 11 is 0. The lowest BCUT2D eigenvalue weighted by atomic mass is 9.99. The zero-order valence-corrected chi connectivity index (χ0v) is 17.1. The largest absolute Gasteiger partial charge is 0.396 e. The molecule has 0 amide bonds. The van der Waals surface area contributed by atoms with Gasteiger partial charge in [-0.25, -0.2) is 4.98 Å². The van der Waals surface area contributed by atoms with Gasteiger partial charge in [-0.1, -0.05) is 24.3 Å². The number of hydrogen-bond donors (Lipinski definition) is 1. The molecule has 29 heavy (non-hydrogen) atoms. The molecule has 1 aromatic carbocycles. The van der Waals surface area contributed by atoms with E-state index in [1.807, 2.05) is 24.1 Å². The third kappa shape index (κ3) is 4.31. The van der Waals surface area contributed by atoms with Gasteiger partial charge in [0, 0.05) is 63.5 Å². The van der Waals surface area contributed by atoms with E-state index in [4.69, 9.17) is 0 Å². The second-order valence-electron chi connectivity index (χ2n) is 7.59. The van der Waals surface area contributed by atoms with Gasteiger partial charge < -0.3 is 10.0 Å². The van der Waals surface area contributed by atoms with Crippen LogP contribution in [0.3, 0.4) is 0 Å². The normalized spacial score (nSPS) is 17.6. The Morgan fingerprint density at radius 3 is 2.59 bits per heavy atom. The summed E-state index contributed by atoms with van der Waals surface area (Å²) in [4.78, 5) is 13.6. The Bertz CT molecular complexity index is 924. The lowest BCUT2D eigenvalue weighted by Gasteiger charge is -2.42. The molecule has 0 bridgehead atoms. The average molecular weight is 393 g/mol. The van der Waals surface area contributed by atoms with Gasteiger partial charge in [0.25, 0.3) is 0 Å². The molecule has 1 aliphatic heterocycles. The molecular formula is C22H28N6O. The molecule has 7 nitrogen and oxygen atoms in total. The van der Waals surface area contributed by atoms with Crippen LogP contribution in [0.1, 0.15) is 28.4 Å². The molecule has 152 valence electrons. The molecule has 1 N–H and O–H groups in total. The van der Waals surface area contributed by atoms with E-state index in [-0.39, 0.29) is 12.6 Å². The van der Waals surface area contributed by atoms with Crippen molar-refractivity contribution in [3.8, 4) is 0 Å². The highest BCUT2D eigenvalue weighted by Crippen LogP contribution is 2.29. The predicted octanol–water partition coefficient (Wildman–Crippen LogP) is 2.12. The number of rotatable bonds is 6. The van der Waals surface area contributed by atoms with Crippen molar-refractivity contribution in [2.45, 2.75) is 25.9 Å². The van der Waals surface area contributed by atoms with Gasteiger partial charge in [-0.2, -0.15) is 5.10 Å². The van der Waals surface area contributed by atoms with Crippen molar-refractivity contribution < 1.29 is 5.11 Å². The number of piperazine rings is 1. The van der Waals surface area contributed by atoms with Crippen LogP contribution < -0.4 is 4.90 Å². The number of nitrogens with zero attached hydrogens (tertiary/aromatic N) is 6. The molecule has 4 rings (SSSR count). The standard InChI is InChI=1S/C22H28N6O/c1-17-20(13-25-26(17)2)15-27-10-11-28(22-14-23-8-9-24-22)16-21(27)19-5-3-18(4-6-19)7-12-29/h3-6,8-9,13-14,21,29H,7,10-12,15-16H2,1-2H3. The fraction of sp³-hybridized carbons (Fsp3) is 0.409. The molecule has 0 saturated carbocycles. The molecule has 0 aliphatic carbocycles. The summed E-state index contributed by atoms with van der Waals surface area (Å²) in [6, 6.07) is 8.88. The molecule has 1 aliphatic rings. The molecule has 1 saturated heterocycles. The molecule has 2 aromatic heterocycles. The quantitative estimate of drug-likeness (QED) is 0.693. The van der Waals surface area contributed by atoms with Gasteiger partial charge in [0.05, 0.1) is 18.4 Å². The number of aromatic nitrogens is 4. The van der Waals surface area contributed by atoms with Gasteiger partial charge in [-0.15, -0.1) is 0 Å². The van der Waals surface area contributed by atoms with E-state index in [0.29, 0.717) is 6.42 Å². The maximum atomic E-state index is 9.20. The summed E-state index contributed by atoms with van der Waals surface area (Å²) in [6.45, 7) is 5.88. The summed E-state index contributed by atoms with van der Waals surface area (Å²) < 4.78 is 1.93. The van der Waals surface area contributed by atoms with Gasteiger partial charge in [-0.3, -0.25) is 14.6 Å². The van der Waals surface area contributed by atoms with Crippen molar-refractivity contribution in [3.05, 3.63) is 71.4 Å². The van der Waals surface area contributed by atoms with Crippen LogP contribution in [0, 0.1) is 6.92 Å². The molecule has 3 aromatic rings. The van der Waals surface area contributed by atoms with E-state index in [2.05, 4.69) is 56.1 Å². The van der Waals surface area contributed by atoms with Crippen LogP contribution in [-0.4, -0.2) is 56.0 Å². The summed E-state index contributed by atoms with van der Waals surface area (Å²) in [6.07, 6.45) is 7.96. The zero-order chi connectivity index (χ0) is 20.2. The Balaban J connectivity index is 1.60. The van der Waals surface area contributed by atoms with Crippen LogP contribution in [0.25, 0.3) is 0 Å². The number of anilines is 1. The number of aryl methyl sites for hydroxylation is 1. The summed E-state index contributed by atoms with van der Waals surface area (Å²) in [5, 5.41) is 13.6. The van der Waals surface area contributed by atoms with Crippen LogP contribution in [0.4, 0.5) is 5.82 Å². The van der Waals surface area contributed by atoms with Gasteiger partial charge in [0.2, 0.25) is 0 Å². The van der Waals surface area contributed by atoms with Gasteiger partial charge in [-0.05, 0) is 24.5 Å². The Labute approximate surface area is 171 Å². The van der Waals surface area contributed by atoms with Gasteiger partial charge in [0.15, 0.2) is 0 Å². The van der Waals surface area contributed by atoms with Crippen molar-refractivity contribution in [1.29, 1.82) is 0 Å². The van der Waals surface area contributed by atoms with Crippen LogP contribution in [-0.2, 0) is 20.0 Å². The van der Waals surface area contributed by atoms with Crippen molar-refractivity contribution in [3.63, 3.8) is 0 Å². The molecule has 0 spiro atoms. The average Bonchev–Trinajstić information content (AvgIpc) is 3.08. The number of hydrogen-bond acceptors (Lipinski definition) is 6. The fourth-order valence-electron chi connectivity index (χ4n) is 3.94. The topological polar surface area (TPSA) is 70.3 Å². The number of benzene rings is 1. The third-order valence-corrected chi connectivity index (χ3v) is 5.84. The van der Waals surface area contributed by atoms with Gasteiger partial charge in [0.1, 0.15) is 5.82 Å². The minimum absolute atomic E-state index is 0.176. The van der Waals surface area contributed by atoms with Crippen LogP contribution in [0.2, 0.25) is 0 Å². The number of aliphatic hydroxyl groups excluding tert-OH is 1. The van der Waals surface area contributed by atoms with E-state index in [1.165, 1.54) is 16.8 Å². The Kier molecular flexibility index (Phi) is 5.87. The Morgan fingerprint density at radius 2 is 1.93 bits per heavy atom. The highest BCUT2D eigenvalue weighted by Gasteiger charge is 2.29. The Hall–Kier alpha value is -2.77. The lowest BCUT2D eigenvalue weighted by molar-refractivity contribution is 0.168. The van der Waals surface area contributed by atoms with Crippen molar-refractivity contribution in [2.75, 3.05) is 31.1 Å². The van der Waals surface area contributed by atoms with E-state index in [1.54, 1.807) is 12.4 Å². The highest BCUT2D eigenvalue weighted by molar-refractivity contribution is 5.38. The minimum Gasteiger partial charge on any atom is -0.396 e. The number of aliphatic hydroxyl groups is 1. The zero-order valence-electron chi connectivity index (χ0n) is 17.1. The molecular weight excluding hydrogens is 364 g/mol.